The Morgan fingerprint density at radius 1 is 1.16 bits per heavy atom. The van der Waals surface area contributed by atoms with E-state index < -0.39 is 0 Å². The molecule has 0 aliphatic carbocycles. The van der Waals surface area contributed by atoms with Crippen molar-refractivity contribution < 1.29 is 0 Å². The van der Waals surface area contributed by atoms with Crippen LogP contribution in [0.3, 0.4) is 0 Å². The number of hydrogen-bond donors (Lipinski definition) is 1. The molecule has 0 amide bonds. The molecular weight excluding hydrogens is 232 g/mol. The largest absolute Gasteiger partial charge is 0.326 e. The van der Waals surface area contributed by atoms with Crippen molar-refractivity contribution in [1.82, 2.24) is 4.90 Å². The first-order valence-corrected chi connectivity index (χ1v) is 7.58. The van der Waals surface area contributed by atoms with Crippen molar-refractivity contribution in [1.29, 1.82) is 0 Å². The van der Waals surface area contributed by atoms with Crippen molar-refractivity contribution in [2.75, 3.05) is 6.54 Å². The zero-order chi connectivity index (χ0) is 14.0. The fraction of sp³-hybridized carbons (Fsp3) is 0.647. The van der Waals surface area contributed by atoms with E-state index >= 15 is 0 Å². The second-order valence-electron chi connectivity index (χ2n) is 6.41. The molecule has 1 aromatic rings. The van der Waals surface area contributed by atoms with Gasteiger partial charge in [0.15, 0.2) is 0 Å². The molecule has 0 bridgehead atoms. The smallest absolute Gasteiger partial charge is 0.0499 e. The van der Waals surface area contributed by atoms with E-state index in [1.54, 1.807) is 0 Å². The van der Waals surface area contributed by atoms with Gasteiger partial charge in [-0.1, -0.05) is 43.7 Å². The molecule has 1 aromatic carbocycles. The molecule has 1 aliphatic heterocycles. The zero-order valence-electron chi connectivity index (χ0n) is 12.8. The summed E-state index contributed by atoms with van der Waals surface area (Å²) in [6, 6.07) is 10.1. The number of nitrogens with two attached hydrogens (primary N) is 1. The Kier molecular flexibility index (Phi) is 4.64. The van der Waals surface area contributed by atoms with E-state index in [-0.39, 0.29) is 6.04 Å². The van der Waals surface area contributed by atoms with Gasteiger partial charge in [-0.15, -0.1) is 0 Å². The molecule has 0 saturated carbocycles. The zero-order valence-corrected chi connectivity index (χ0v) is 12.8. The molecule has 2 N–H and O–H groups in total. The fourth-order valence-electron chi connectivity index (χ4n) is 3.44. The van der Waals surface area contributed by atoms with Crippen LogP contribution in [0.15, 0.2) is 24.3 Å². The summed E-state index contributed by atoms with van der Waals surface area (Å²) in [7, 11) is 0. The minimum absolute atomic E-state index is 0.169. The lowest BCUT2D eigenvalue weighted by atomic mass is 9.94. The third-order valence-electron chi connectivity index (χ3n) is 4.39. The summed E-state index contributed by atoms with van der Waals surface area (Å²) in [5.74, 6) is 0.703. The molecule has 2 heteroatoms. The molecule has 1 aliphatic rings. The monoisotopic (exact) mass is 260 g/mol. The lowest BCUT2D eigenvalue weighted by molar-refractivity contribution is 0.130. The molecular formula is C17H28N2. The van der Waals surface area contributed by atoms with Crippen molar-refractivity contribution in [3.8, 4) is 0 Å². The third kappa shape index (κ3) is 3.18. The predicted octanol–water partition coefficient (Wildman–Crippen LogP) is 3.50. The normalized spacial score (nSPS) is 23.8. The van der Waals surface area contributed by atoms with E-state index in [2.05, 4.69) is 56.9 Å². The van der Waals surface area contributed by atoms with Gasteiger partial charge in [0, 0.05) is 18.1 Å². The summed E-state index contributed by atoms with van der Waals surface area (Å²) in [6.45, 7) is 10.1. The van der Waals surface area contributed by atoms with E-state index in [4.69, 9.17) is 5.73 Å². The molecule has 106 valence electrons. The van der Waals surface area contributed by atoms with E-state index in [0.717, 1.165) is 0 Å². The van der Waals surface area contributed by atoms with Crippen LogP contribution in [0, 0.1) is 12.8 Å². The number of rotatable bonds is 4. The van der Waals surface area contributed by atoms with Crippen LogP contribution in [-0.2, 0) is 0 Å². The first-order valence-electron chi connectivity index (χ1n) is 7.58. The number of aryl methyl sites for hydroxylation is 1. The molecule has 2 rings (SSSR count). The highest BCUT2D eigenvalue weighted by Crippen LogP contribution is 2.34. The maximum absolute atomic E-state index is 6.31. The Morgan fingerprint density at radius 2 is 1.79 bits per heavy atom. The van der Waals surface area contributed by atoms with Gasteiger partial charge in [0.2, 0.25) is 0 Å². The highest BCUT2D eigenvalue weighted by Gasteiger charge is 2.34. The molecule has 3 unspecified atom stereocenters. The minimum atomic E-state index is 0.169. The average molecular weight is 260 g/mol. The van der Waals surface area contributed by atoms with E-state index in [0.29, 0.717) is 18.0 Å². The summed E-state index contributed by atoms with van der Waals surface area (Å²) in [6.07, 6.45) is 2.62. The average Bonchev–Trinajstić information content (AvgIpc) is 2.80. The van der Waals surface area contributed by atoms with Crippen LogP contribution < -0.4 is 5.73 Å². The summed E-state index contributed by atoms with van der Waals surface area (Å²) < 4.78 is 0. The van der Waals surface area contributed by atoms with Gasteiger partial charge in [-0.25, -0.2) is 0 Å². The first-order chi connectivity index (χ1) is 9.00. The Balaban J connectivity index is 2.27. The van der Waals surface area contributed by atoms with Gasteiger partial charge in [0.25, 0.3) is 0 Å². The summed E-state index contributed by atoms with van der Waals surface area (Å²) in [5, 5.41) is 0. The molecule has 0 aromatic heterocycles. The molecule has 1 fully saturated rings. The third-order valence-corrected chi connectivity index (χ3v) is 4.39. The SMILES string of the molecule is Cc1ccc(C(C(C)N)N2CCCC2C(C)C)cc1. The summed E-state index contributed by atoms with van der Waals surface area (Å²) >= 11 is 0. The Bertz CT molecular complexity index is 394. The van der Waals surface area contributed by atoms with Crippen molar-refractivity contribution in [3.63, 3.8) is 0 Å². The lowest BCUT2D eigenvalue weighted by Gasteiger charge is -2.37. The predicted molar refractivity (Wildman–Crippen MR) is 82.1 cm³/mol. The van der Waals surface area contributed by atoms with Crippen molar-refractivity contribution in [2.24, 2.45) is 11.7 Å². The highest BCUT2D eigenvalue weighted by molar-refractivity contribution is 5.25. The van der Waals surface area contributed by atoms with Gasteiger partial charge < -0.3 is 5.73 Å². The number of likely N-dealkylation sites (tertiary alicyclic amines) is 1. The molecule has 1 heterocycles. The van der Waals surface area contributed by atoms with Crippen LogP contribution in [0.4, 0.5) is 0 Å². The molecule has 2 nitrogen and oxygen atoms in total. The van der Waals surface area contributed by atoms with Crippen LogP contribution in [0.1, 0.15) is 50.8 Å². The lowest BCUT2D eigenvalue weighted by Crippen LogP contribution is -2.43. The van der Waals surface area contributed by atoms with Crippen LogP contribution in [0.25, 0.3) is 0 Å². The maximum Gasteiger partial charge on any atom is 0.0499 e. The van der Waals surface area contributed by atoms with Gasteiger partial charge in [-0.2, -0.15) is 0 Å². The Labute approximate surface area is 118 Å². The quantitative estimate of drug-likeness (QED) is 0.897. The van der Waals surface area contributed by atoms with Crippen LogP contribution in [0.5, 0.6) is 0 Å². The van der Waals surface area contributed by atoms with E-state index in [1.165, 1.54) is 30.5 Å². The minimum Gasteiger partial charge on any atom is -0.326 e. The molecule has 0 radical (unpaired) electrons. The standard InChI is InChI=1S/C17H28N2/c1-12(2)16-6-5-11-19(16)17(14(4)18)15-9-7-13(3)8-10-15/h7-10,12,14,16-17H,5-6,11,18H2,1-4H3. The maximum atomic E-state index is 6.31. The topological polar surface area (TPSA) is 29.3 Å². The molecule has 19 heavy (non-hydrogen) atoms. The van der Waals surface area contributed by atoms with Crippen LogP contribution in [-0.4, -0.2) is 23.5 Å². The Hall–Kier alpha value is -0.860. The first kappa shape index (κ1) is 14.5. The highest BCUT2D eigenvalue weighted by atomic mass is 15.2. The van der Waals surface area contributed by atoms with Gasteiger partial charge in [-0.3, -0.25) is 4.90 Å². The van der Waals surface area contributed by atoms with Gasteiger partial charge in [0.05, 0.1) is 0 Å². The fourth-order valence-corrected chi connectivity index (χ4v) is 3.44. The van der Waals surface area contributed by atoms with Gasteiger partial charge in [0.1, 0.15) is 0 Å². The molecule has 3 atom stereocenters. The number of benzene rings is 1. The van der Waals surface area contributed by atoms with Crippen LogP contribution >= 0.6 is 0 Å². The molecule has 0 spiro atoms. The summed E-state index contributed by atoms with van der Waals surface area (Å²) in [5.41, 5.74) is 8.99. The van der Waals surface area contributed by atoms with Gasteiger partial charge >= 0.3 is 0 Å². The Morgan fingerprint density at radius 3 is 2.32 bits per heavy atom. The van der Waals surface area contributed by atoms with Crippen LogP contribution in [0.2, 0.25) is 0 Å². The van der Waals surface area contributed by atoms with Crippen molar-refractivity contribution >= 4 is 0 Å². The number of hydrogen-bond acceptors (Lipinski definition) is 2. The second-order valence-corrected chi connectivity index (χ2v) is 6.41. The van der Waals surface area contributed by atoms with Crippen molar-refractivity contribution in [2.45, 2.75) is 58.7 Å². The summed E-state index contributed by atoms with van der Waals surface area (Å²) in [4.78, 5) is 2.64. The van der Waals surface area contributed by atoms with E-state index in [9.17, 15) is 0 Å². The van der Waals surface area contributed by atoms with Crippen molar-refractivity contribution in [3.05, 3.63) is 35.4 Å². The number of nitrogens with zero attached hydrogens (tertiary/aromatic N) is 1. The van der Waals surface area contributed by atoms with E-state index in [1.807, 2.05) is 0 Å². The second kappa shape index (κ2) is 6.06. The molecule has 1 saturated heterocycles. The van der Waals surface area contributed by atoms with Gasteiger partial charge in [-0.05, 0) is 44.7 Å².